The number of amides is 1. The van der Waals surface area contributed by atoms with E-state index in [9.17, 15) is 14.7 Å². The van der Waals surface area contributed by atoms with Crippen LogP contribution in [0.1, 0.15) is 5.56 Å². The molecule has 1 atom stereocenters. The van der Waals surface area contributed by atoms with Gasteiger partial charge in [-0.05, 0) is 34.9 Å². The van der Waals surface area contributed by atoms with Gasteiger partial charge in [0.05, 0.1) is 7.11 Å². The SMILES string of the molecule is COC(=O)N(c1cc2cc(-c3ccccc3)ccc2o1)C(Cc1cccnc1)C(=O)O. The second-order valence-electron chi connectivity index (χ2n) is 6.96. The van der Waals surface area contributed by atoms with Crippen LogP contribution in [0, 0.1) is 0 Å². The molecule has 0 fully saturated rings. The summed E-state index contributed by atoms with van der Waals surface area (Å²) in [6.45, 7) is 0. The zero-order chi connectivity index (χ0) is 21.8. The zero-order valence-corrected chi connectivity index (χ0v) is 16.8. The minimum atomic E-state index is -1.23. The summed E-state index contributed by atoms with van der Waals surface area (Å²) in [5.74, 6) is -1.08. The van der Waals surface area contributed by atoms with E-state index in [4.69, 9.17) is 9.15 Å². The Bertz CT molecular complexity index is 1200. The molecule has 0 saturated carbocycles. The van der Waals surface area contributed by atoms with E-state index in [1.807, 2.05) is 42.5 Å². The summed E-state index contributed by atoms with van der Waals surface area (Å²) in [6.07, 6.45) is 2.39. The number of aliphatic carboxylic acids is 1. The molecule has 156 valence electrons. The molecule has 1 amide bonds. The molecule has 0 saturated heterocycles. The number of benzene rings is 2. The molecule has 2 aromatic heterocycles. The lowest BCUT2D eigenvalue weighted by Gasteiger charge is -2.25. The quantitative estimate of drug-likeness (QED) is 0.487. The summed E-state index contributed by atoms with van der Waals surface area (Å²) in [6, 6.07) is 19.4. The van der Waals surface area contributed by atoms with Gasteiger partial charge in [-0.25, -0.2) is 14.5 Å². The number of carbonyl (C=O) groups is 2. The molecule has 0 aliphatic rings. The van der Waals surface area contributed by atoms with Gasteiger partial charge in [-0.3, -0.25) is 4.98 Å². The van der Waals surface area contributed by atoms with Gasteiger partial charge < -0.3 is 14.3 Å². The Morgan fingerprint density at radius 1 is 1.06 bits per heavy atom. The number of methoxy groups -OCH3 is 1. The van der Waals surface area contributed by atoms with Crippen molar-refractivity contribution in [3.05, 3.63) is 84.7 Å². The third-order valence-corrected chi connectivity index (χ3v) is 4.97. The number of fused-ring (bicyclic) bond motifs is 1. The predicted octanol–water partition coefficient (Wildman–Crippen LogP) is 4.76. The number of nitrogens with zero attached hydrogens (tertiary/aromatic N) is 2. The topological polar surface area (TPSA) is 92.9 Å². The molecule has 1 unspecified atom stereocenters. The summed E-state index contributed by atoms with van der Waals surface area (Å²) in [5.41, 5.74) is 3.23. The minimum Gasteiger partial charge on any atom is -0.480 e. The Morgan fingerprint density at radius 3 is 2.55 bits per heavy atom. The van der Waals surface area contributed by atoms with Crippen LogP contribution in [0.25, 0.3) is 22.1 Å². The highest BCUT2D eigenvalue weighted by Gasteiger charge is 2.34. The molecule has 4 aromatic rings. The maximum atomic E-state index is 12.6. The van der Waals surface area contributed by atoms with E-state index in [0.717, 1.165) is 21.4 Å². The van der Waals surface area contributed by atoms with Crippen molar-refractivity contribution in [2.45, 2.75) is 12.5 Å². The standard InChI is InChI=1S/C24H20N2O5/c1-30-24(29)26(20(23(27)28)12-16-6-5-11-25-15-16)22-14-19-13-18(9-10-21(19)31-22)17-7-3-2-4-8-17/h2-11,13-15,20H,12H2,1H3,(H,27,28). The van der Waals surface area contributed by atoms with Gasteiger partial charge >= 0.3 is 12.1 Å². The first kappa shape index (κ1) is 20.2. The number of anilines is 1. The molecule has 7 heteroatoms. The highest BCUT2D eigenvalue weighted by molar-refractivity contribution is 5.97. The third-order valence-electron chi connectivity index (χ3n) is 4.97. The van der Waals surface area contributed by atoms with Gasteiger partial charge in [0.1, 0.15) is 11.6 Å². The van der Waals surface area contributed by atoms with Crippen molar-refractivity contribution in [2.24, 2.45) is 0 Å². The molecule has 0 radical (unpaired) electrons. The van der Waals surface area contributed by atoms with E-state index in [-0.39, 0.29) is 12.3 Å². The van der Waals surface area contributed by atoms with Gasteiger partial charge in [0, 0.05) is 30.3 Å². The number of carboxylic acid groups (broad SMARTS) is 1. The highest BCUT2D eigenvalue weighted by Crippen LogP contribution is 2.32. The molecule has 2 heterocycles. The molecule has 31 heavy (non-hydrogen) atoms. The molecule has 4 rings (SSSR count). The van der Waals surface area contributed by atoms with E-state index >= 15 is 0 Å². The molecule has 0 aliphatic heterocycles. The van der Waals surface area contributed by atoms with Gasteiger partial charge in [0.25, 0.3) is 0 Å². The van der Waals surface area contributed by atoms with E-state index in [0.29, 0.717) is 11.1 Å². The molecule has 0 spiro atoms. The summed E-state index contributed by atoms with van der Waals surface area (Å²) < 4.78 is 10.7. The summed E-state index contributed by atoms with van der Waals surface area (Å²) in [7, 11) is 1.20. The lowest BCUT2D eigenvalue weighted by molar-refractivity contribution is -0.138. The van der Waals surface area contributed by atoms with E-state index < -0.39 is 18.1 Å². The number of ether oxygens (including phenoxy) is 1. The maximum Gasteiger partial charge on any atom is 0.417 e. The monoisotopic (exact) mass is 416 g/mol. The first-order valence-corrected chi connectivity index (χ1v) is 9.64. The summed E-state index contributed by atoms with van der Waals surface area (Å²) >= 11 is 0. The Balaban J connectivity index is 1.74. The Morgan fingerprint density at radius 2 is 1.87 bits per heavy atom. The molecule has 7 nitrogen and oxygen atoms in total. The van der Waals surface area contributed by atoms with Crippen LogP contribution in [0.4, 0.5) is 10.7 Å². The molecular formula is C24H20N2O5. The second-order valence-corrected chi connectivity index (χ2v) is 6.96. The van der Waals surface area contributed by atoms with Gasteiger partial charge in [-0.1, -0.05) is 42.5 Å². The van der Waals surface area contributed by atoms with Crippen LogP contribution in [0.3, 0.4) is 0 Å². The van der Waals surface area contributed by atoms with E-state index in [1.54, 1.807) is 36.7 Å². The highest BCUT2D eigenvalue weighted by atomic mass is 16.5. The van der Waals surface area contributed by atoms with Crippen LogP contribution in [-0.2, 0) is 16.0 Å². The van der Waals surface area contributed by atoms with Crippen LogP contribution >= 0.6 is 0 Å². The number of carbonyl (C=O) groups excluding carboxylic acids is 1. The fraction of sp³-hybridized carbons (Fsp3) is 0.125. The fourth-order valence-corrected chi connectivity index (χ4v) is 3.46. The number of aromatic nitrogens is 1. The number of hydrogen-bond acceptors (Lipinski definition) is 5. The van der Waals surface area contributed by atoms with Crippen LogP contribution in [0.15, 0.2) is 83.5 Å². The molecule has 1 N–H and O–H groups in total. The van der Waals surface area contributed by atoms with Crippen LogP contribution < -0.4 is 4.90 Å². The Hall–Kier alpha value is -4.13. The van der Waals surface area contributed by atoms with E-state index in [2.05, 4.69) is 4.98 Å². The third kappa shape index (κ3) is 4.25. The van der Waals surface area contributed by atoms with Crippen molar-refractivity contribution in [2.75, 3.05) is 12.0 Å². The molecule has 2 aromatic carbocycles. The smallest absolute Gasteiger partial charge is 0.417 e. The average molecular weight is 416 g/mol. The summed E-state index contributed by atoms with van der Waals surface area (Å²) in [4.78, 5) is 29.7. The number of carboxylic acids is 1. The van der Waals surface area contributed by atoms with Crippen LogP contribution in [0.2, 0.25) is 0 Å². The lowest BCUT2D eigenvalue weighted by Crippen LogP contribution is -2.46. The number of hydrogen-bond donors (Lipinski definition) is 1. The van der Waals surface area contributed by atoms with Crippen molar-refractivity contribution in [1.82, 2.24) is 4.98 Å². The normalized spacial score (nSPS) is 11.8. The Kier molecular flexibility index (Phi) is 5.66. The lowest BCUT2D eigenvalue weighted by atomic mass is 10.0. The fourth-order valence-electron chi connectivity index (χ4n) is 3.46. The van der Waals surface area contributed by atoms with Gasteiger partial charge in [-0.2, -0.15) is 0 Å². The average Bonchev–Trinajstić information content (AvgIpc) is 3.22. The van der Waals surface area contributed by atoms with Crippen LogP contribution in [0.5, 0.6) is 0 Å². The van der Waals surface area contributed by atoms with Crippen molar-refractivity contribution < 1.29 is 23.8 Å². The summed E-state index contributed by atoms with van der Waals surface area (Å²) in [5, 5.41) is 10.6. The maximum absolute atomic E-state index is 12.6. The number of furan rings is 1. The van der Waals surface area contributed by atoms with Crippen molar-refractivity contribution in [1.29, 1.82) is 0 Å². The second kappa shape index (κ2) is 8.71. The van der Waals surface area contributed by atoms with Gasteiger partial charge in [-0.15, -0.1) is 0 Å². The van der Waals surface area contributed by atoms with E-state index in [1.165, 1.54) is 7.11 Å². The zero-order valence-electron chi connectivity index (χ0n) is 16.8. The van der Waals surface area contributed by atoms with Crippen molar-refractivity contribution >= 4 is 28.9 Å². The minimum absolute atomic E-state index is 0.0462. The first-order chi connectivity index (χ1) is 15.1. The number of pyridine rings is 1. The largest absolute Gasteiger partial charge is 0.480 e. The number of rotatable bonds is 6. The molecule has 0 bridgehead atoms. The predicted molar refractivity (Wildman–Crippen MR) is 116 cm³/mol. The first-order valence-electron chi connectivity index (χ1n) is 9.64. The Labute approximate surface area is 178 Å². The van der Waals surface area contributed by atoms with Gasteiger partial charge in [0.2, 0.25) is 5.88 Å². The van der Waals surface area contributed by atoms with Crippen molar-refractivity contribution in [3.63, 3.8) is 0 Å². The van der Waals surface area contributed by atoms with Crippen molar-refractivity contribution in [3.8, 4) is 11.1 Å². The molecule has 0 aliphatic carbocycles. The molecular weight excluding hydrogens is 396 g/mol. The van der Waals surface area contributed by atoms with Crippen LogP contribution in [-0.4, -0.2) is 35.3 Å². The van der Waals surface area contributed by atoms with Gasteiger partial charge in [0.15, 0.2) is 0 Å².